The van der Waals surface area contributed by atoms with Gasteiger partial charge in [-0.05, 0) is 26.2 Å². The van der Waals surface area contributed by atoms with E-state index in [-0.39, 0.29) is 5.91 Å². The molecule has 0 aliphatic carbocycles. The van der Waals surface area contributed by atoms with Crippen LogP contribution in [-0.2, 0) is 21.9 Å². The van der Waals surface area contributed by atoms with Gasteiger partial charge in [0, 0.05) is 26.2 Å². The number of aromatic nitrogens is 2. The number of rotatable bonds is 5. The molecule has 2 rings (SSSR count). The van der Waals surface area contributed by atoms with Crippen molar-refractivity contribution in [2.24, 2.45) is 7.05 Å². The first kappa shape index (κ1) is 17.0. The number of amides is 1. The Kier molecular flexibility index (Phi) is 4.91. The standard InChI is InChI=1S/C14H24N4O3S/c1-5-8-18(22(4,20)21)12-7-6-9-17(14(12)19)13-10-11(2)15-16(13)3/h10,12H,5-9H2,1-4H3/t12-/m1/s1. The van der Waals surface area contributed by atoms with Crippen molar-refractivity contribution in [2.75, 3.05) is 24.2 Å². The first-order valence-electron chi connectivity index (χ1n) is 7.54. The fourth-order valence-electron chi connectivity index (χ4n) is 2.97. The van der Waals surface area contributed by atoms with Gasteiger partial charge < -0.3 is 0 Å². The monoisotopic (exact) mass is 328 g/mol. The SMILES string of the molecule is CCCN([C@@H]1CCCN(c2cc(C)nn2C)C1=O)S(C)(=O)=O. The molecule has 0 radical (unpaired) electrons. The molecular weight excluding hydrogens is 304 g/mol. The predicted octanol–water partition coefficient (Wildman–Crippen LogP) is 0.896. The van der Waals surface area contributed by atoms with Crippen LogP contribution in [0.15, 0.2) is 6.07 Å². The molecule has 2 heterocycles. The molecule has 124 valence electrons. The summed E-state index contributed by atoms with van der Waals surface area (Å²) in [6.07, 6.45) is 3.19. The van der Waals surface area contributed by atoms with E-state index in [4.69, 9.17) is 0 Å². The number of piperidine rings is 1. The Balaban J connectivity index is 2.31. The molecule has 1 aliphatic heterocycles. The van der Waals surface area contributed by atoms with E-state index in [9.17, 15) is 13.2 Å². The van der Waals surface area contributed by atoms with Crippen molar-refractivity contribution in [2.45, 2.75) is 39.2 Å². The fraction of sp³-hybridized carbons (Fsp3) is 0.714. The summed E-state index contributed by atoms with van der Waals surface area (Å²) in [6, 6.07) is 1.24. The third kappa shape index (κ3) is 3.33. The summed E-state index contributed by atoms with van der Waals surface area (Å²) in [6.45, 7) is 4.74. The second kappa shape index (κ2) is 6.37. The predicted molar refractivity (Wildman–Crippen MR) is 85.2 cm³/mol. The van der Waals surface area contributed by atoms with Gasteiger partial charge in [-0.1, -0.05) is 6.92 Å². The van der Waals surface area contributed by atoms with E-state index in [0.29, 0.717) is 25.9 Å². The van der Waals surface area contributed by atoms with Crippen LogP contribution >= 0.6 is 0 Å². The quantitative estimate of drug-likeness (QED) is 0.804. The van der Waals surface area contributed by atoms with Gasteiger partial charge in [-0.25, -0.2) is 8.42 Å². The van der Waals surface area contributed by atoms with Crippen molar-refractivity contribution in [3.8, 4) is 0 Å². The Morgan fingerprint density at radius 2 is 2.14 bits per heavy atom. The molecule has 1 amide bonds. The van der Waals surface area contributed by atoms with Crippen LogP contribution in [-0.4, -0.2) is 53.8 Å². The molecule has 0 saturated carbocycles. The summed E-state index contributed by atoms with van der Waals surface area (Å²) >= 11 is 0. The summed E-state index contributed by atoms with van der Waals surface area (Å²) in [5.41, 5.74) is 0.834. The number of hydrogen-bond acceptors (Lipinski definition) is 4. The molecule has 1 aromatic rings. The average Bonchev–Trinajstić information content (AvgIpc) is 2.74. The molecule has 1 aromatic heterocycles. The molecule has 0 unspecified atom stereocenters. The van der Waals surface area contributed by atoms with Crippen molar-refractivity contribution >= 4 is 21.7 Å². The highest BCUT2D eigenvalue weighted by atomic mass is 32.2. The second-order valence-electron chi connectivity index (χ2n) is 5.79. The van der Waals surface area contributed by atoms with Gasteiger partial charge in [-0.15, -0.1) is 0 Å². The number of aryl methyl sites for hydroxylation is 2. The van der Waals surface area contributed by atoms with E-state index in [1.54, 1.807) is 16.6 Å². The molecule has 1 aliphatic rings. The Hall–Kier alpha value is -1.41. The zero-order valence-corrected chi connectivity index (χ0v) is 14.4. The van der Waals surface area contributed by atoms with Crippen LogP contribution in [0.3, 0.4) is 0 Å². The first-order chi connectivity index (χ1) is 10.3. The molecule has 22 heavy (non-hydrogen) atoms. The van der Waals surface area contributed by atoms with Crippen molar-refractivity contribution < 1.29 is 13.2 Å². The van der Waals surface area contributed by atoms with Crippen molar-refractivity contribution in [3.63, 3.8) is 0 Å². The minimum atomic E-state index is -3.41. The summed E-state index contributed by atoms with van der Waals surface area (Å²) in [5.74, 6) is 0.560. The van der Waals surface area contributed by atoms with Gasteiger partial charge in [0.2, 0.25) is 15.9 Å². The maximum Gasteiger partial charge on any atom is 0.246 e. The maximum absolute atomic E-state index is 12.8. The number of carbonyl (C=O) groups is 1. The lowest BCUT2D eigenvalue weighted by atomic mass is 10.0. The Bertz CT molecular complexity index is 653. The Morgan fingerprint density at radius 1 is 1.45 bits per heavy atom. The summed E-state index contributed by atoms with van der Waals surface area (Å²) < 4.78 is 27.0. The molecule has 1 atom stereocenters. The van der Waals surface area contributed by atoms with Crippen molar-refractivity contribution in [1.82, 2.24) is 14.1 Å². The number of carbonyl (C=O) groups excluding carboxylic acids is 1. The molecule has 0 spiro atoms. The van der Waals surface area contributed by atoms with Gasteiger partial charge in [-0.3, -0.25) is 14.4 Å². The van der Waals surface area contributed by atoms with Gasteiger partial charge in [0.05, 0.1) is 11.9 Å². The number of hydrogen-bond donors (Lipinski definition) is 0. The van der Waals surface area contributed by atoms with Crippen LogP contribution < -0.4 is 4.90 Å². The van der Waals surface area contributed by atoms with Gasteiger partial charge in [-0.2, -0.15) is 9.40 Å². The van der Waals surface area contributed by atoms with E-state index in [1.807, 2.05) is 19.9 Å². The van der Waals surface area contributed by atoms with E-state index in [0.717, 1.165) is 17.9 Å². The number of sulfonamides is 1. The van der Waals surface area contributed by atoms with Gasteiger partial charge in [0.25, 0.3) is 0 Å². The van der Waals surface area contributed by atoms with Crippen LogP contribution in [0.25, 0.3) is 0 Å². The van der Waals surface area contributed by atoms with Gasteiger partial charge in [0.1, 0.15) is 11.9 Å². The van der Waals surface area contributed by atoms with Gasteiger partial charge >= 0.3 is 0 Å². The number of nitrogens with zero attached hydrogens (tertiary/aromatic N) is 4. The lowest BCUT2D eigenvalue weighted by Crippen LogP contribution is -2.54. The summed E-state index contributed by atoms with van der Waals surface area (Å²) in [5, 5.41) is 4.27. The fourth-order valence-corrected chi connectivity index (χ4v) is 4.15. The Labute approximate surface area is 131 Å². The largest absolute Gasteiger partial charge is 0.296 e. The Morgan fingerprint density at radius 3 is 2.64 bits per heavy atom. The molecule has 1 fully saturated rings. The zero-order valence-electron chi connectivity index (χ0n) is 13.6. The number of anilines is 1. The summed E-state index contributed by atoms with van der Waals surface area (Å²) in [7, 11) is -1.62. The minimum absolute atomic E-state index is 0.159. The van der Waals surface area contributed by atoms with Crippen LogP contribution in [0.5, 0.6) is 0 Å². The van der Waals surface area contributed by atoms with Crippen LogP contribution in [0.4, 0.5) is 5.82 Å². The first-order valence-corrected chi connectivity index (χ1v) is 9.39. The molecular formula is C14H24N4O3S. The van der Waals surface area contributed by atoms with Crippen LogP contribution in [0, 0.1) is 6.92 Å². The molecule has 0 aromatic carbocycles. The van der Waals surface area contributed by atoms with E-state index in [1.165, 1.54) is 10.6 Å². The third-order valence-corrected chi connectivity index (χ3v) is 5.17. The minimum Gasteiger partial charge on any atom is -0.296 e. The average molecular weight is 328 g/mol. The normalized spacial score (nSPS) is 20.0. The smallest absolute Gasteiger partial charge is 0.246 e. The lowest BCUT2D eigenvalue weighted by Gasteiger charge is -2.36. The van der Waals surface area contributed by atoms with E-state index >= 15 is 0 Å². The second-order valence-corrected chi connectivity index (χ2v) is 7.72. The maximum atomic E-state index is 12.8. The van der Waals surface area contributed by atoms with Gasteiger partial charge in [0.15, 0.2) is 0 Å². The molecule has 1 saturated heterocycles. The topological polar surface area (TPSA) is 75.5 Å². The van der Waals surface area contributed by atoms with Crippen molar-refractivity contribution in [1.29, 1.82) is 0 Å². The molecule has 8 heteroatoms. The van der Waals surface area contributed by atoms with Crippen LogP contribution in [0.1, 0.15) is 31.9 Å². The third-order valence-electron chi connectivity index (χ3n) is 3.88. The molecule has 0 N–H and O–H groups in total. The van der Waals surface area contributed by atoms with E-state index in [2.05, 4.69) is 5.10 Å². The summed E-state index contributed by atoms with van der Waals surface area (Å²) in [4.78, 5) is 14.5. The lowest BCUT2D eigenvalue weighted by molar-refractivity contribution is -0.123. The molecule has 7 nitrogen and oxygen atoms in total. The highest BCUT2D eigenvalue weighted by Gasteiger charge is 2.38. The van der Waals surface area contributed by atoms with E-state index < -0.39 is 16.1 Å². The zero-order chi connectivity index (χ0) is 16.5. The highest BCUT2D eigenvalue weighted by Crippen LogP contribution is 2.25. The molecule has 0 bridgehead atoms. The van der Waals surface area contributed by atoms with Crippen LogP contribution in [0.2, 0.25) is 0 Å². The van der Waals surface area contributed by atoms with Crippen molar-refractivity contribution in [3.05, 3.63) is 11.8 Å². The highest BCUT2D eigenvalue weighted by molar-refractivity contribution is 7.88.